The number of aliphatic hydroxyl groups excluding tert-OH is 1. The van der Waals surface area contributed by atoms with Crippen LogP contribution in [0.5, 0.6) is 5.75 Å². The number of fused-ring (bicyclic) bond motifs is 1. The Bertz CT molecular complexity index is 1130. The van der Waals surface area contributed by atoms with E-state index >= 15 is 0 Å². The minimum absolute atomic E-state index is 0.0250. The van der Waals surface area contributed by atoms with E-state index in [-0.39, 0.29) is 27.5 Å². The van der Waals surface area contributed by atoms with E-state index in [0.717, 1.165) is 19.5 Å². The lowest BCUT2D eigenvalue weighted by Gasteiger charge is -2.33. The van der Waals surface area contributed by atoms with Crippen LogP contribution in [0, 0.1) is 5.82 Å². The smallest absolute Gasteiger partial charge is 0.264 e. The van der Waals surface area contributed by atoms with E-state index in [1.54, 1.807) is 6.07 Å². The highest BCUT2D eigenvalue weighted by molar-refractivity contribution is 7.89. The highest BCUT2D eigenvalue weighted by Crippen LogP contribution is 2.32. The number of nitrogens with one attached hydrogen (secondary N) is 1. The maximum Gasteiger partial charge on any atom is 0.264 e. The lowest BCUT2D eigenvalue weighted by Crippen LogP contribution is -2.36. The molecule has 10 heteroatoms. The zero-order valence-electron chi connectivity index (χ0n) is 14.9. The van der Waals surface area contributed by atoms with Crippen LogP contribution in [0.4, 0.5) is 10.1 Å². The summed E-state index contributed by atoms with van der Waals surface area (Å²) >= 11 is 0. The molecule has 3 aromatic rings. The van der Waals surface area contributed by atoms with Crippen molar-refractivity contribution in [1.82, 2.24) is 9.71 Å². The van der Waals surface area contributed by atoms with Crippen LogP contribution in [-0.4, -0.2) is 38.7 Å². The Hall–Kier alpha value is -2.69. The van der Waals surface area contributed by atoms with Gasteiger partial charge in [-0.15, -0.1) is 0 Å². The highest BCUT2D eigenvalue weighted by atomic mass is 32.2. The second-order valence-electron chi connectivity index (χ2n) is 6.36. The largest absolute Gasteiger partial charge is 0.494 e. The van der Waals surface area contributed by atoms with E-state index in [4.69, 9.17) is 9.15 Å². The summed E-state index contributed by atoms with van der Waals surface area (Å²) in [6.45, 7) is 1.68. The third-order valence-electron chi connectivity index (χ3n) is 4.56. The fourth-order valence-electron chi connectivity index (χ4n) is 2.99. The van der Waals surface area contributed by atoms with Crippen molar-refractivity contribution >= 4 is 26.7 Å². The minimum atomic E-state index is -4.21. The van der Waals surface area contributed by atoms with Crippen LogP contribution in [-0.2, 0) is 10.0 Å². The molecular weight excluding hydrogens is 389 g/mol. The van der Waals surface area contributed by atoms with Gasteiger partial charge in [-0.1, -0.05) is 0 Å². The molecule has 0 bridgehead atoms. The lowest BCUT2D eigenvalue weighted by molar-refractivity contribution is 0.141. The number of rotatable bonds is 6. The van der Waals surface area contributed by atoms with Crippen molar-refractivity contribution in [1.29, 1.82) is 0 Å². The normalized spacial score (nSPS) is 15.5. The summed E-state index contributed by atoms with van der Waals surface area (Å²) < 4.78 is 52.0. The van der Waals surface area contributed by atoms with Crippen molar-refractivity contribution in [2.24, 2.45) is 0 Å². The standard InChI is InChI=1S/C18H18FN3O5S/c1-26-14-4-2-5-20-18(14)28(24,25)21-17(23)16-10-12-13(19)8-11(9-15(12)27-16)22-6-3-7-22/h2,4-5,8-10,17,21,23H,3,6-7H2,1H3. The van der Waals surface area contributed by atoms with Crippen molar-refractivity contribution in [2.45, 2.75) is 17.7 Å². The van der Waals surface area contributed by atoms with Crippen molar-refractivity contribution in [2.75, 3.05) is 25.1 Å². The summed E-state index contributed by atoms with van der Waals surface area (Å²) in [6.07, 6.45) is 0.605. The lowest BCUT2D eigenvalue weighted by atomic mass is 10.1. The van der Waals surface area contributed by atoms with Gasteiger partial charge in [0.05, 0.1) is 12.5 Å². The maximum absolute atomic E-state index is 14.4. The second kappa shape index (κ2) is 7.04. The molecule has 3 heterocycles. The predicted molar refractivity (Wildman–Crippen MR) is 99.1 cm³/mol. The number of benzene rings is 1. The zero-order chi connectivity index (χ0) is 19.9. The molecule has 0 radical (unpaired) electrons. The molecule has 8 nitrogen and oxygen atoms in total. The number of hydrogen-bond acceptors (Lipinski definition) is 7. The number of furan rings is 1. The average molecular weight is 407 g/mol. The van der Waals surface area contributed by atoms with Gasteiger partial charge in [0, 0.05) is 31.0 Å². The predicted octanol–water partition coefficient (Wildman–Crippen LogP) is 2.16. The number of anilines is 1. The molecule has 2 aromatic heterocycles. The van der Waals surface area contributed by atoms with Gasteiger partial charge < -0.3 is 19.2 Å². The molecule has 2 N–H and O–H groups in total. The third kappa shape index (κ3) is 3.30. The molecule has 1 atom stereocenters. The van der Waals surface area contributed by atoms with Gasteiger partial charge in [0.1, 0.15) is 17.2 Å². The molecule has 0 saturated carbocycles. The van der Waals surface area contributed by atoms with E-state index in [1.807, 2.05) is 4.90 Å². The molecule has 1 aliphatic rings. The Morgan fingerprint density at radius 3 is 2.82 bits per heavy atom. The van der Waals surface area contributed by atoms with Crippen molar-refractivity contribution in [3.05, 3.63) is 48.1 Å². The summed E-state index contributed by atoms with van der Waals surface area (Å²) in [7, 11) is -2.90. The van der Waals surface area contributed by atoms with Crippen LogP contribution in [0.25, 0.3) is 11.0 Å². The van der Waals surface area contributed by atoms with Crippen LogP contribution in [0.15, 0.2) is 46.0 Å². The van der Waals surface area contributed by atoms with Crippen molar-refractivity contribution in [3.63, 3.8) is 0 Å². The number of nitrogens with zero attached hydrogens (tertiary/aromatic N) is 2. The number of aliphatic hydroxyl groups is 1. The van der Waals surface area contributed by atoms with Crippen molar-refractivity contribution in [3.8, 4) is 5.75 Å². The van der Waals surface area contributed by atoms with Gasteiger partial charge in [-0.25, -0.2) is 17.8 Å². The van der Waals surface area contributed by atoms with Gasteiger partial charge in [0.25, 0.3) is 10.0 Å². The Kier molecular flexibility index (Phi) is 4.69. The topological polar surface area (TPSA) is 105 Å². The monoisotopic (exact) mass is 407 g/mol. The zero-order valence-corrected chi connectivity index (χ0v) is 15.7. The van der Waals surface area contributed by atoms with Gasteiger partial charge in [-0.2, -0.15) is 4.72 Å². The summed E-state index contributed by atoms with van der Waals surface area (Å²) in [5, 5.41) is 10.1. The number of halogens is 1. The van der Waals surface area contributed by atoms with Gasteiger partial charge >= 0.3 is 0 Å². The summed E-state index contributed by atoms with van der Waals surface area (Å²) in [5.41, 5.74) is 0.913. The van der Waals surface area contributed by atoms with E-state index in [2.05, 4.69) is 9.71 Å². The summed E-state index contributed by atoms with van der Waals surface area (Å²) in [4.78, 5) is 5.79. The van der Waals surface area contributed by atoms with Crippen molar-refractivity contribution < 1.29 is 27.1 Å². The third-order valence-corrected chi connectivity index (χ3v) is 5.91. The molecule has 0 amide bonds. The van der Waals surface area contributed by atoms with Crippen LogP contribution < -0.4 is 14.4 Å². The van der Waals surface area contributed by atoms with Crippen LogP contribution in [0.3, 0.4) is 0 Å². The number of pyridine rings is 1. The first-order valence-corrected chi connectivity index (χ1v) is 10.0. The Labute approximate surface area is 160 Å². The quantitative estimate of drug-likeness (QED) is 0.603. The molecule has 0 spiro atoms. The number of sulfonamides is 1. The minimum Gasteiger partial charge on any atom is -0.494 e. The van der Waals surface area contributed by atoms with Gasteiger partial charge in [-0.05, 0) is 30.7 Å². The van der Waals surface area contributed by atoms with Crippen LogP contribution in [0.2, 0.25) is 0 Å². The van der Waals surface area contributed by atoms with E-state index in [0.29, 0.717) is 5.69 Å². The molecule has 4 rings (SSSR count). The molecule has 148 valence electrons. The first kappa shape index (κ1) is 18.7. The Morgan fingerprint density at radius 2 is 2.14 bits per heavy atom. The molecule has 0 aliphatic carbocycles. The fraction of sp³-hybridized carbons (Fsp3) is 0.278. The molecule has 1 aromatic carbocycles. The van der Waals surface area contributed by atoms with E-state index in [9.17, 15) is 17.9 Å². The van der Waals surface area contributed by atoms with Gasteiger partial charge in [-0.3, -0.25) is 0 Å². The molecule has 1 saturated heterocycles. The first-order chi connectivity index (χ1) is 13.4. The molecule has 28 heavy (non-hydrogen) atoms. The maximum atomic E-state index is 14.4. The van der Waals surface area contributed by atoms with Gasteiger partial charge in [0.15, 0.2) is 12.0 Å². The SMILES string of the molecule is COc1cccnc1S(=O)(=O)NC(O)c1cc2c(F)cc(N3CCC3)cc2o1. The summed E-state index contributed by atoms with van der Waals surface area (Å²) in [6, 6.07) is 7.29. The molecule has 1 unspecified atom stereocenters. The van der Waals surface area contributed by atoms with E-state index < -0.39 is 22.1 Å². The highest BCUT2D eigenvalue weighted by Gasteiger charge is 2.27. The van der Waals surface area contributed by atoms with Crippen LogP contribution >= 0.6 is 0 Å². The molecular formula is C18H18FN3O5S. The summed E-state index contributed by atoms with van der Waals surface area (Å²) in [5.74, 6) is -0.610. The van der Waals surface area contributed by atoms with E-state index in [1.165, 1.54) is 37.6 Å². The fourth-order valence-corrected chi connectivity index (χ4v) is 4.13. The number of methoxy groups -OCH3 is 1. The first-order valence-electron chi connectivity index (χ1n) is 8.56. The average Bonchev–Trinajstić information content (AvgIpc) is 3.05. The van der Waals surface area contributed by atoms with Crippen LogP contribution in [0.1, 0.15) is 18.4 Å². The number of hydrogen-bond donors (Lipinski definition) is 2. The molecule has 1 fully saturated rings. The number of aromatic nitrogens is 1. The molecule has 1 aliphatic heterocycles. The van der Waals surface area contributed by atoms with Gasteiger partial charge in [0.2, 0.25) is 5.03 Å². The number of ether oxygens (including phenoxy) is 1. The second-order valence-corrected chi connectivity index (χ2v) is 7.99. The Balaban J connectivity index is 1.63. The Morgan fingerprint density at radius 1 is 1.36 bits per heavy atom.